The minimum Gasteiger partial charge on any atom is -0.469 e. The molecule has 3 nitrogen and oxygen atoms in total. The van der Waals surface area contributed by atoms with Crippen LogP contribution in [-0.4, -0.2) is 13.1 Å². The van der Waals surface area contributed by atoms with E-state index < -0.39 is 0 Å². The number of nitrogen functional groups attached to an aromatic ring is 1. The van der Waals surface area contributed by atoms with Crippen LogP contribution in [0.5, 0.6) is 0 Å². The Balaban J connectivity index is 2.64. The minimum absolute atomic E-state index is 0.251. The SMILES string of the molecule is COC(=O)Cc1sccc1N. The number of thiophene rings is 1. The number of nitrogens with two attached hydrogens (primary N) is 1. The van der Waals surface area contributed by atoms with Gasteiger partial charge in [0.15, 0.2) is 0 Å². The molecule has 11 heavy (non-hydrogen) atoms. The van der Waals surface area contributed by atoms with Crippen molar-refractivity contribution in [2.24, 2.45) is 0 Å². The van der Waals surface area contributed by atoms with E-state index in [1.165, 1.54) is 18.4 Å². The fraction of sp³-hybridized carbons (Fsp3) is 0.286. The molecule has 0 bridgehead atoms. The van der Waals surface area contributed by atoms with Crippen LogP contribution in [0.3, 0.4) is 0 Å². The lowest BCUT2D eigenvalue weighted by Crippen LogP contribution is -2.04. The zero-order chi connectivity index (χ0) is 8.27. The third-order valence-corrected chi connectivity index (χ3v) is 2.25. The van der Waals surface area contributed by atoms with Gasteiger partial charge in [-0.2, -0.15) is 0 Å². The van der Waals surface area contributed by atoms with E-state index in [2.05, 4.69) is 4.74 Å². The molecule has 0 aliphatic heterocycles. The van der Waals surface area contributed by atoms with Crippen molar-refractivity contribution in [3.63, 3.8) is 0 Å². The molecular weight excluding hydrogens is 162 g/mol. The molecule has 0 fully saturated rings. The number of hydrogen-bond acceptors (Lipinski definition) is 4. The van der Waals surface area contributed by atoms with Crippen LogP contribution in [0.4, 0.5) is 5.69 Å². The van der Waals surface area contributed by atoms with Crippen molar-refractivity contribution in [1.82, 2.24) is 0 Å². The second-order valence-electron chi connectivity index (χ2n) is 2.05. The molecule has 0 spiro atoms. The lowest BCUT2D eigenvalue weighted by atomic mass is 10.3. The van der Waals surface area contributed by atoms with Crippen molar-refractivity contribution in [1.29, 1.82) is 0 Å². The van der Waals surface area contributed by atoms with Crippen molar-refractivity contribution >= 4 is 23.0 Å². The van der Waals surface area contributed by atoms with Crippen molar-refractivity contribution < 1.29 is 9.53 Å². The van der Waals surface area contributed by atoms with Gasteiger partial charge in [-0.05, 0) is 11.4 Å². The number of hydrogen-bond donors (Lipinski definition) is 1. The Morgan fingerprint density at radius 1 is 1.82 bits per heavy atom. The summed E-state index contributed by atoms with van der Waals surface area (Å²) in [5.74, 6) is -0.251. The Morgan fingerprint density at radius 3 is 3.00 bits per heavy atom. The van der Waals surface area contributed by atoms with Gasteiger partial charge in [0.05, 0.1) is 13.5 Å². The molecule has 4 heteroatoms. The van der Waals surface area contributed by atoms with Gasteiger partial charge >= 0.3 is 5.97 Å². The largest absolute Gasteiger partial charge is 0.469 e. The normalized spacial score (nSPS) is 9.55. The van der Waals surface area contributed by atoms with Gasteiger partial charge in [-0.25, -0.2) is 0 Å². The highest BCUT2D eigenvalue weighted by atomic mass is 32.1. The lowest BCUT2D eigenvalue weighted by molar-refractivity contribution is -0.139. The van der Waals surface area contributed by atoms with Crippen LogP contribution in [-0.2, 0) is 16.0 Å². The van der Waals surface area contributed by atoms with E-state index in [4.69, 9.17) is 5.73 Å². The first kappa shape index (κ1) is 8.07. The summed E-state index contributed by atoms with van der Waals surface area (Å²) in [6.45, 7) is 0. The standard InChI is InChI=1S/C7H9NO2S/c1-10-7(9)4-6-5(8)2-3-11-6/h2-3H,4,8H2,1H3. The average Bonchev–Trinajstić information content (AvgIpc) is 2.37. The third kappa shape index (κ3) is 1.94. The number of carbonyl (C=O) groups is 1. The summed E-state index contributed by atoms with van der Waals surface area (Å²) >= 11 is 1.47. The maximum absolute atomic E-state index is 10.8. The van der Waals surface area contributed by atoms with E-state index in [1.807, 2.05) is 5.38 Å². The van der Waals surface area contributed by atoms with Crippen molar-refractivity contribution in [3.8, 4) is 0 Å². The first-order chi connectivity index (χ1) is 5.24. The van der Waals surface area contributed by atoms with Crippen LogP contribution in [0.15, 0.2) is 11.4 Å². The van der Waals surface area contributed by atoms with Gasteiger partial charge in [-0.15, -0.1) is 11.3 Å². The second kappa shape index (κ2) is 3.39. The molecule has 0 aliphatic rings. The molecule has 0 saturated heterocycles. The van der Waals surface area contributed by atoms with Gasteiger partial charge in [0, 0.05) is 10.6 Å². The second-order valence-corrected chi connectivity index (χ2v) is 3.05. The Kier molecular flexibility index (Phi) is 2.48. The monoisotopic (exact) mass is 171 g/mol. The zero-order valence-corrected chi connectivity index (χ0v) is 6.98. The number of methoxy groups -OCH3 is 1. The molecule has 0 unspecified atom stereocenters. The summed E-state index contributed by atoms with van der Waals surface area (Å²) in [7, 11) is 1.37. The molecule has 2 N–H and O–H groups in total. The predicted molar refractivity (Wildman–Crippen MR) is 44.5 cm³/mol. The highest BCUT2D eigenvalue weighted by Gasteiger charge is 2.06. The molecule has 1 heterocycles. The van der Waals surface area contributed by atoms with Crippen molar-refractivity contribution in [2.45, 2.75) is 6.42 Å². The smallest absolute Gasteiger partial charge is 0.310 e. The molecule has 1 aromatic heterocycles. The average molecular weight is 171 g/mol. The van der Waals surface area contributed by atoms with E-state index in [-0.39, 0.29) is 12.4 Å². The summed E-state index contributed by atoms with van der Waals surface area (Å²) in [4.78, 5) is 11.6. The first-order valence-electron chi connectivity index (χ1n) is 3.12. The van der Waals surface area contributed by atoms with Gasteiger partial charge < -0.3 is 10.5 Å². The Labute approximate surface area is 68.8 Å². The predicted octanol–water partition coefficient (Wildman–Crippen LogP) is 1.05. The van der Waals surface area contributed by atoms with E-state index in [1.54, 1.807) is 6.07 Å². The van der Waals surface area contributed by atoms with Crippen LogP contribution >= 0.6 is 11.3 Å². The maximum Gasteiger partial charge on any atom is 0.310 e. The lowest BCUT2D eigenvalue weighted by Gasteiger charge is -1.96. The van der Waals surface area contributed by atoms with Crippen LogP contribution in [0, 0.1) is 0 Å². The summed E-state index contributed by atoms with van der Waals surface area (Å²) in [6.07, 6.45) is 0.278. The Bertz CT molecular complexity index is 257. The zero-order valence-electron chi connectivity index (χ0n) is 6.16. The fourth-order valence-corrected chi connectivity index (χ4v) is 1.48. The molecule has 0 radical (unpaired) electrons. The molecule has 0 aliphatic carbocycles. The molecular formula is C7H9NO2S. The first-order valence-corrected chi connectivity index (χ1v) is 4.00. The van der Waals surface area contributed by atoms with Crippen LogP contribution < -0.4 is 5.73 Å². The summed E-state index contributed by atoms with van der Waals surface area (Å²) < 4.78 is 4.49. The Morgan fingerprint density at radius 2 is 2.55 bits per heavy atom. The summed E-state index contributed by atoms with van der Waals surface area (Å²) in [6, 6.07) is 1.78. The Hall–Kier alpha value is -1.03. The molecule has 0 amide bonds. The van der Waals surface area contributed by atoms with Gasteiger partial charge in [0.2, 0.25) is 0 Å². The minimum atomic E-state index is -0.251. The number of ether oxygens (including phenoxy) is 1. The van der Waals surface area contributed by atoms with Crippen molar-refractivity contribution in [2.75, 3.05) is 12.8 Å². The topological polar surface area (TPSA) is 52.3 Å². The molecule has 1 rings (SSSR count). The molecule has 0 saturated carbocycles. The molecule has 60 valence electrons. The highest BCUT2D eigenvalue weighted by Crippen LogP contribution is 2.19. The molecule has 0 aromatic carbocycles. The number of carbonyl (C=O) groups excluding carboxylic acids is 1. The van der Waals surface area contributed by atoms with Gasteiger partial charge in [0.1, 0.15) is 0 Å². The van der Waals surface area contributed by atoms with Crippen molar-refractivity contribution in [3.05, 3.63) is 16.3 Å². The van der Waals surface area contributed by atoms with E-state index in [0.29, 0.717) is 5.69 Å². The van der Waals surface area contributed by atoms with Gasteiger partial charge in [-0.3, -0.25) is 4.79 Å². The van der Waals surface area contributed by atoms with Gasteiger partial charge in [0.25, 0.3) is 0 Å². The fourth-order valence-electron chi connectivity index (χ4n) is 0.697. The van der Waals surface area contributed by atoms with E-state index in [0.717, 1.165) is 4.88 Å². The highest BCUT2D eigenvalue weighted by molar-refractivity contribution is 7.10. The third-order valence-electron chi connectivity index (χ3n) is 1.31. The molecule has 1 aromatic rings. The number of esters is 1. The van der Waals surface area contributed by atoms with Crippen LogP contribution in [0.2, 0.25) is 0 Å². The van der Waals surface area contributed by atoms with E-state index in [9.17, 15) is 4.79 Å². The van der Waals surface area contributed by atoms with Crippen LogP contribution in [0.25, 0.3) is 0 Å². The number of anilines is 1. The van der Waals surface area contributed by atoms with Crippen LogP contribution in [0.1, 0.15) is 4.88 Å². The maximum atomic E-state index is 10.8. The quantitative estimate of drug-likeness (QED) is 0.676. The number of rotatable bonds is 2. The molecule has 0 atom stereocenters. The summed E-state index contributed by atoms with van der Waals surface area (Å²) in [5, 5.41) is 1.85. The van der Waals surface area contributed by atoms with E-state index >= 15 is 0 Å². The summed E-state index contributed by atoms with van der Waals surface area (Å²) in [5.41, 5.74) is 6.21. The van der Waals surface area contributed by atoms with Gasteiger partial charge in [-0.1, -0.05) is 0 Å².